The van der Waals surface area contributed by atoms with Crippen molar-refractivity contribution in [1.82, 2.24) is 10.3 Å². The van der Waals surface area contributed by atoms with Gasteiger partial charge in [0.15, 0.2) is 0 Å². The molecule has 0 saturated heterocycles. The molecule has 0 saturated carbocycles. The van der Waals surface area contributed by atoms with Crippen molar-refractivity contribution in [2.24, 2.45) is 0 Å². The minimum atomic E-state index is -0.274. The number of carbonyl (C=O) groups excluding carboxylic acids is 1. The zero-order chi connectivity index (χ0) is 14.0. The number of hydrogen-bond donors (Lipinski definition) is 2. The highest BCUT2D eigenvalue weighted by atomic mass is 79.9. The summed E-state index contributed by atoms with van der Waals surface area (Å²) < 4.78 is 0.865. The number of nitrogens with one attached hydrogen (secondary N) is 2. The van der Waals surface area contributed by atoms with E-state index in [2.05, 4.69) is 26.2 Å². The molecule has 0 aliphatic carbocycles. The van der Waals surface area contributed by atoms with Crippen LogP contribution in [0.25, 0.3) is 10.9 Å². The fraction of sp³-hybridized carbons (Fsp3) is 0.286. The van der Waals surface area contributed by atoms with E-state index < -0.39 is 0 Å². The van der Waals surface area contributed by atoms with Gasteiger partial charge in [-0.1, -0.05) is 22.9 Å². The molecule has 0 bridgehead atoms. The van der Waals surface area contributed by atoms with E-state index >= 15 is 0 Å². The van der Waals surface area contributed by atoms with Gasteiger partial charge < -0.3 is 10.3 Å². The van der Waals surface area contributed by atoms with Crippen molar-refractivity contribution in [3.63, 3.8) is 0 Å². The number of amides is 1. The van der Waals surface area contributed by atoms with Crippen LogP contribution in [0.2, 0.25) is 0 Å². The molecule has 1 amide bonds. The Balaban J connectivity index is 2.55. The Hall–Kier alpha value is -1.62. The van der Waals surface area contributed by atoms with E-state index in [-0.39, 0.29) is 17.5 Å². The van der Waals surface area contributed by atoms with Crippen LogP contribution in [0.1, 0.15) is 30.6 Å². The van der Waals surface area contributed by atoms with Crippen molar-refractivity contribution in [2.75, 3.05) is 0 Å². The molecular weight excluding hydrogens is 308 g/mol. The average molecular weight is 323 g/mol. The molecule has 2 rings (SSSR count). The van der Waals surface area contributed by atoms with E-state index in [1.54, 1.807) is 6.07 Å². The van der Waals surface area contributed by atoms with Crippen molar-refractivity contribution in [3.8, 4) is 0 Å². The smallest absolute Gasteiger partial charge is 0.252 e. The van der Waals surface area contributed by atoms with Crippen molar-refractivity contribution in [1.29, 1.82) is 0 Å². The van der Waals surface area contributed by atoms with Gasteiger partial charge in [-0.2, -0.15) is 0 Å². The fourth-order valence-corrected chi connectivity index (χ4v) is 2.18. The lowest BCUT2D eigenvalue weighted by Crippen LogP contribution is -2.32. The summed E-state index contributed by atoms with van der Waals surface area (Å²) in [6.45, 7) is 3.93. The molecule has 5 heteroatoms. The third kappa shape index (κ3) is 3.04. The molecule has 1 heterocycles. The van der Waals surface area contributed by atoms with Crippen molar-refractivity contribution >= 4 is 32.7 Å². The second-order valence-corrected chi connectivity index (χ2v) is 5.44. The first-order valence-corrected chi connectivity index (χ1v) is 6.94. The lowest BCUT2D eigenvalue weighted by Gasteiger charge is -2.12. The minimum absolute atomic E-state index is 0.0778. The first-order valence-electron chi connectivity index (χ1n) is 6.14. The van der Waals surface area contributed by atoms with Gasteiger partial charge in [0.25, 0.3) is 5.91 Å². The molecule has 0 radical (unpaired) electrons. The molecule has 0 aliphatic rings. The summed E-state index contributed by atoms with van der Waals surface area (Å²) >= 11 is 3.38. The third-order valence-electron chi connectivity index (χ3n) is 3.04. The highest BCUT2D eigenvalue weighted by Gasteiger charge is 2.13. The number of rotatable bonds is 3. The van der Waals surface area contributed by atoms with Gasteiger partial charge in [0, 0.05) is 27.5 Å². The molecule has 1 atom stereocenters. The van der Waals surface area contributed by atoms with Gasteiger partial charge in [-0.25, -0.2) is 0 Å². The Labute approximate surface area is 119 Å². The van der Waals surface area contributed by atoms with Crippen LogP contribution in [-0.2, 0) is 0 Å². The second kappa shape index (κ2) is 5.57. The first-order chi connectivity index (χ1) is 9.01. The predicted molar refractivity (Wildman–Crippen MR) is 79.5 cm³/mol. The van der Waals surface area contributed by atoms with Gasteiger partial charge in [0.05, 0.1) is 5.56 Å². The predicted octanol–water partition coefficient (Wildman–Crippen LogP) is 2.82. The van der Waals surface area contributed by atoms with Gasteiger partial charge in [0.1, 0.15) is 0 Å². The average Bonchev–Trinajstić information content (AvgIpc) is 2.38. The van der Waals surface area contributed by atoms with Gasteiger partial charge in [0.2, 0.25) is 5.56 Å². The molecule has 0 unspecified atom stereocenters. The Morgan fingerprint density at radius 3 is 2.84 bits per heavy atom. The maximum absolute atomic E-state index is 12.2. The highest BCUT2D eigenvalue weighted by Crippen LogP contribution is 2.20. The molecular formula is C14H15BrN2O2. The van der Waals surface area contributed by atoms with Crippen LogP contribution in [0.5, 0.6) is 0 Å². The Bertz CT molecular complexity index is 679. The topological polar surface area (TPSA) is 62.0 Å². The third-order valence-corrected chi connectivity index (χ3v) is 3.53. The Kier molecular flexibility index (Phi) is 4.04. The van der Waals surface area contributed by atoms with Crippen molar-refractivity contribution < 1.29 is 4.79 Å². The lowest BCUT2D eigenvalue weighted by atomic mass is 10.1. The summed E-state index contributed by atoms with van der Waals surface area (Å²) in [5.74, 6) is -0.219. The van der Waals surface area contributed by atoms with Crippen molar-refractivity contribution in [2.45, 2.75) is 26.3 Å². The summed E-state index contributed by atoms with van der Waals surface area (Å²) in [4.78, 5) is 26.5. The van der Waals surface area contributed by atoms with Crippen LogP contribution in [0.4, 0.5) is 0 Å². The number of fused-ring (bicyclic) bond motifs is 1. The monoisotopic (exact) mass is 322 g/mol. The molecule has 1 aromatic carbocycles. The van der Waals surface area contributed by atoms with E-state index in [0.29, 0.717) is 11.1 Å². The van der Waals surface area contributed by atoms with Gasteiger partial charge in [-0.05, 0) is 31.5 Å². The highest BCUT2D eigenvalue weighted by molar-refractivity contribution is 9.10. The summed E-state index contributed by atoms with van der Waals surface area (Å²) in [5, 5.41) is 3.61. The number of benzene rings is 1. The van der Waals surface area contributed by atoms with E-state index in [1.807, 2.05) is 26.0 Å². The van der Waals surface area contributed by atoms with Crippen LogP contribution in [0.15, 0.2) is 33.5 Å². The molecule has 4 nitrogen and oxygen atoms in total. The number of pyridine rings is 1. The zero-order valence-corrected chi connectivity index (χ0v) is 12.4. The second-order valence-electron chi connectivity index (χ2n) is 4.52. The minimum Gasteiger partial charge on any atom is -0.350 e. The molecule has 2 N–H and O–H groups in total. The van der Waals surface area contributed by atoms with E-state index in [0.717, 1.165) is 16.3 Å². The molecule has 19 heavy (non-hydrogen) atoms. The Morgan fingerprint density at radius 1 is 1.42 bits per heavy atom. The van der Waals surface area contributed by atoms with Gasteiger partial charge >= 0.3 is 0 Å². The maximum Gasteiger partial charge on any atom is 0.252 e. The molecule has 0 fully saturated rings. The number of hydrogen-bond acceptors (Lipinski definition) is 2. The van der Waals surface area contributed by atoms with E-state index in [1.165, 1.54) is 6.07 Å². The number of aromatic nitrogens is 1. The van der Waals surface area contributed by atoms with E-state index in [9.17, 15) is 9.59 Å². The number of halogens is 1. The summed E-state index contributed by atoms with van der Waals surface area (Å²) in [5.41, 5.74) is 0.787. The van der Waals surface area contributed by atoms with Gasteiger partial charge in [-0.15, -0.1) is 0 Å². The quantitative estimate of drug-likeness (QED) is 0.912. The molecule has 1 aromatic heterocycles. The Morgan fingerprint density at radius 2 is 2.16 bits per heavy atom. The number of aromatic amines is 1. The van der Waals surface area contributed by atoms with Crippen LogP contribution < -0.4 is 10.9 Å². The van der Waals surface area contributed by atoms with Crippen LogP contribution in [-0.4, -0.2) is 16.9 Å². The number of carbonyl (C=O) groups is 1. The standard InChI is InChI=1S/C14H15BrN2O2/c1-3-8(2)16-14(19)11-7-13(18)17-12-5-4-9(15)6-10(11)12/h4-8H,3H2,1-2H3,(H,16,19)(H,17,18)/t8-/m1/s1. The molecule has 2 aromatic rings. The van der Waals surface area contributed by atoms with Crippen LogP contribution >= 0.6 is 15.9 Å². The lowest BCUT2D eigenvalue weighted by molar-refractivity contribution is 0.0941. The fourth-order valence-electron chi connectivity index (χ4n) is 1.82. The molecule has 0 aliphatic heterocycles. The summed E-state index contributed by atoms with van der Waals surface area (Å²) in [7, 11) is 0. The van der Waals surface area contributed by atoms with Crippen LogP contribution in [0, 0.1) is 0 Å². The maximum atomic E-state index is 12.2. The largest absolute Gasteiger partial charge is 0.350 e. The molecule has 0 spiro atoms. The van der Waals surface area contributed by atoms with Gasteiger partial charge in [-0.3, -0.25) is 9.59 Å². The zero-order valence-electron chi connectivity index (χ0n) is 10.8. The van der Waals surface area contributed by atoms with Crippen molar-refractivity contribution in [3.05, 3.63) is 44.7 Å². The summed E-state index contributed by atoms with van der Waals surface area (Å²) in [6, 6.07) is 6.85. The SMILES string of the molecule is CC[C@@H](C)NC(=O)c1cc(=O)[nH]c2ccc(Br)cc12. The first kappa shape index (κ1) is 13.8. The number of H-pyrrole nitrogens is 1. The van der Waals surface area contributed by atoms with Crippen LogP contribution in [0.3, 0.4) is 0 Å². The normalized spacial score (nSPS) is 12.4. The molecule has 100 valence electrons. The summed E-state index contributed by atoms with van der Waals surface area (Å²) in [6.07, 6.45) is 0.844. The van der Waals surface area contributed by atoms with E-state index in [4.69, 9.17) is 0 Å².